The SMILES string of the molecule is Cc1nc2c(ncn2C)c(Cl)c1C. The van der Waals surface area contributed by atoms with E-state index in [1.54, 1.807) is 6.33 Å². The zero-order chi connectivity index (χ0) is 9.59. The van der Waals surface area contributed by atoms with Crippen molar-refractivity contribution in [3.63, 3.8) is 0 Å². The van der Waals surface area contributed by atoms with Gasteiger partial charge in [0.2, 0.25) is 0 Å². The molecule has 13 heavy (non-hydrogen) atoms. The summed E-state index contributed by atoms with van der Waals surface area (Å²) < 4.78 is 1.87. The van der Waals surface area contributed by atoms with E-state index in [1.165, 1.54) is 0 Å². The summed E-state index contributed by atoms with van der Waals surface area (Å²) in [6.45, 7) is 3.91. The molecule has 0 saturated heterocycles. The molecule has 0 aliphatic carbocycles. The van der Waals surface area contributed by atoms with Gasteiger partial charge in [0.05, 0.1) is 11.3 Å². The molecule has 0 fully saturated rings. The Morgan fingerprint density at radius 3 is 2.77 bits per heavy atom. The first kappa shape index (κ1) is 8.51. The summed E-state index contributed by atoms with van der Waals surface area (Å²) in [6.07, 6.45) is 1.72. The Bertz CT molecular complexity index is 473. The molecule has 2 aromatic rings. The summed E-state index contributed by atoms with van der Waals surface area (Å²) in [5, 5.41) is 0.711. The predicted molar refractivity (Wildman–Crippen MR) is 53.0 cm³/mol. The first-order valence-electron chi connectivity index (χ1n) is 4.05. The van der Waals surface area contributed by atoms with Crippen molar-refractivity contribution in [1.29, 1.82) is 0 Å². The highest BCUT2D eigenvalue weighted by molar-refractivity contribution is 6.35. The number of fused-ring (bicyclic) bond motifs is 1. The molecular weight excluding hydrogens is 186 g/mol. The molecule has 0 amide bonds. The highest BCUT2D eigenvalue weighted by Crippen LogP contribution is 2.25. The van der Waals surface area contributed by atoms with Gasteiger partial charge >= 0.3 is 0 Å². The molecule has 0 N–H and O–H groups in total. The molecule has 0 spiro atoms. The van der Waals surface area contributed by atoms with E-state index >= 15 is 0 Å². The van der Waals surface area contributed by atoms with Gasteiger partial charge in [0, 0.05) is 12.7 Å². The van der Waals surface area contributed by atoms with Crippen molar-refractivity contribution >= 4 is 22.8 Å². The smallest absolute Gasteiger partial charge is 0.161 e. The number of rotatable bonds is 0. The lowest BCUT2D eigenvalue weighted by atomic mass is 10.2. The molecule has 3 nitrogen and oxygen atoms in total. The molecule has 0 radical (unpaired) electrons. The van der Waals surface area contributed by atoms with Gasteiger partial charge in [-0.15, -0.1) is 0 Å². The molecule has 0 unspecified atom stereocenters. The van der Waals surface area contributed by atoms with Crippen molar-refractivity contribution < 1.29 is 0 Å². The predicted octanol–water partition coefficient (Wildman–Crippen LogP) is 2.24. The molecule has 4 heteroatoms. The number of hydrogen-bond acceptors (Lipinski definition) is 2. The Hall–Kier alpha value is -1.09. The molecule has 0 saturated carbocycles. The fourth-order valence-electron chi connectivity index (χ4n) is 1.29. The van der Waals surface area contributed by atoms with Gasteiger partial charge in [-0.1, -0.05) is 11.6 Å². The van der Waals surface area contributed by atoms with E-state index < -0.39 is 0 Å². The van der Waals surface area contributed by atoms with E-state index in [2.05, 4.69) is 9.97 Å². The highest BCUT2D eigenvalue weighted by Gasteiger charge is 2.10. The van der Waals surface area contributed by atoms with Crippen LogP contribution in [0.5, 0.6) is 0 Å². The van der Waals surface area contributed by atoms with Crippen molar-refractivity contribution in [3.05, 3.63) is 22.6 Å². The molecule has 2 heterocycles. The Morgan fingerprint density at radius 1 is 1.38 bits per heavy atom. The van der Waals surface area contributed by atoms with Crippen molar-refractivity contribution in [1.82, 2.24) is 14.5 Å². The van der Waals surface area contributed by atoms with Gasteiger partial charge in [-0.25, -0.2) is 9.97 Å². The molecule has 0 atom stereocenters. The fraction of sp³-hybridized carbons (Fsp3) is 0.333. The van der Waals surface area contributed by atoms with Gasteiger partial charge in [0.15, 0.2) is 5.65 Å². The summed E-state index contributed by atoms with van der Waals surface area (Å²) in [5.41, 5.74) is 3.59. The topological polar surface area (TPSA) is 30.7 Å². The van der Waals surface area contributed by atoms with Crippen LogP contribution >= 0.6 is 11.6 Å². The first-order valence-corrected chi connectivity index (χ1v) is 4.42. The molecule has 0 aliphatic rings. The van der Waals surface area contributed by atoms with Crippen LogP contribution in [-0.4, -0.2) is 14.5 Å². The average molecular weight is 196 g/mol. The van der Waals surface area contributed by atoms with Crippen molar-refractivity contribution in [2.45, 2.75) is 13.8 Å². The summed E-state index contributed by atoms with van der Waals surface area (Å²) in [5.74, 6) is 0. The number of aromatic nitrogens is 3. The molecule has 68 valence electrons. The third kappa shape index (κ3) is 1.11. The van der Waals surface area contributed by atoms with Gasteiger partial charge in [0.25, 0.3) is 0 Å². The van der Waals surface area contributed by atoms with Crippen molar-refractivity contribution in [2.75, 3.05) is 0 Å². The Morgan fingerprint density at radius 2 is 2.08 bits per heavy atom. The van der Waals surface area contributed by atoms with Crippen LogP contribution in [0.4, 0.5) is 0 Å². The zero-order valence-electron chi connectivity index (χ0n) is 7.80. The quantitative estimate of drug-likeness (QED) is 0.646. The third-order valence-corrected chi connectivity index (χ3v) is 2.72. The van der Waals surface area contributed by atoms with Crippen LogP contribution in [-0.2, 0) is 7.05 Å². The van der Waals surface area contributed by atoms with Crippen LogP contribution in [0.25, 0.3) is 11.2 Å². The van der Waals surface area contributed by atoms with Crippen LogP contribution < -0.4 is 0 Å². The minimum absolute atomic E-state index is 0.711. The number of nitrogens with zero attached hydrogens (tertiary/aromatic N) is 3. The second-order valence-corrected chi connectivity index (χ2v) is 3.54. The second-order valence-electron chi connectivity index (χ2n) is 3.16. The van der Waals surface area contributed by atoms with E-state index in [9.17, 15) is 0 Å². The lowest BCUT2D eigenvalue weighted by Gasteiger charge is -2.02. The van der Waals surface area contributed by atoms with Crippen molar-refractivity contribution in [3.8, 4) is 0 Å². The fourth-order valence-corrected chi connectivity index (χ4v) is 1.56. The monoisotopic (exact) mass is 195 g/mol. The standard InChI is InChI=1S/C9H10ClN3/c1-5-6(2)12-9-8(7(5)10)11-4-13(9)3/h4H,1-3H3. The maximum Gasteiger partial charge on any atom is 0.161 e. The zero-order valence-corrected chi connectivity index (χ0v) is 8.55. The van der Waals surface area contributed by atoms with E-state index in [-0.39, 0.29) is 0 Å². The summed E-state index contributed by atoms with van der Waals surface area (Å²) in [6, 6.07) is 0. The van der Waals surface area contributed by atoms with Gasteiger partial charge in [-0.3, -0.25) is 0 Å². The number of hydrogen-bond donors (Lipinski definition) is 0. The van der Waals surface area contributed by atoms with Crippen molar-refractivity contribution in [2.24, 2.45) is 7.05 Å². The van der Waals surface area contributed by atoms with E-state index in [4.69, 9.17) is 11.6 Å². The first-order chi connectivity index (χ1) is 6.11. The van der Waals surface area contributed by atoms with E-state index in [0.717, 1.165) is 22.4 Å². The summed E-state index contributed by atoms with van der Waals surface area (Å²) in [7, 11) is 1.91. The molecule has 2 aromatic heterocycles. The molecular formula is C9H10ClN3. The third-order valence-electron chi connectivity index (χ3n) is 2.26. The normalized spacial score (nSPS) is 11.1. The average Bonchev–Trinajstić information content (AvgIpc) is 2.45. The Kier molecular flexibility index (Phi) is 1.77. The Labute approximate surface area is 81.4 Å². The van der Waals surface area contributed by atoms with E-state index in [1.807, 2.05) is 25.5 Å². The van der Waals surface area contributed by atoms with Gasteiger partial charge in [-0.2, -0.15) is 0 Å². The summed E-state index contributed by atoms with van der Waals surface area (Å²) >= 11 is 6.13. The molecule has 0 aromatic carbocycles. The minimum atomic E-state index is 0.711. The van der Waals surface area contributed by atoms with Gasteiger partial charge in [-0.05, 0) is 19.4 Å². The van der Waals surface area contributed by atoms with Crippen LogP contribution in [0.1, 0.15) is 11.3 Å². The molecule has 0 bridgehead atoms. The van der Waals surface area contributed by atoms with Crippen LogP contribution in [0.2, 0.25) is 5.02 Å². The largest absolute Gasteiger partial charge is 0.318 e. The minimum Gasteiger partial charge on any atom is -0.318 e. The summed E-state index contributed by atoms with van der Waals surface area (Å²) in [4.78, 5) is 8.60. The Balaban J connectivity index is 2.96. The number of imidazole rings is 1. The van der Waals surface area contributed by atoms with Gasteiger partial charge in [0.1, 0.15) is 5.52 Å². The number of pyridine rings is 1. The van der Waals surface area contributed by atoms with Crippen LogP contribution in [0, 0.1) is 13.8 Å². The second kappa shape index (κ2) is 2.70. The maximum absolute atomic E-state index is 6.13. The lowest BCUT2D eigenvalue weighted by molar-refractivity contribution is 0.925. The van der Waals surface area contributed by atoms with Crippen LogP contribution in [0.15, 0.2) is 6.33 Å². The number of aryl methyl sites for hydroxylation is 2. The van der Waals surface area contributed by atoms with Crippen LogP contribution in [0.3, 0.4) is 0 Å². The lowest BCUT2D eigenvalue weighted by Crippen LogP contribution is -1.93. The molecule has 0 aliphatic heterocycles. The molecule has 2 rings (SSSR count). The maximum atomic E-state index is 6.13. The highest BCUT2D eigenvalue weighted by atomic mass is 35.5. The van der Waals surface area contributed by atoms with E-state index in [0.29, 0.717) is 5.02 Å². The van der Waals surface area contributed by atoms with Gasteiger partial charge < -0.3 is 4.57 Å². The number of halogens is 1.